The topological polar surface area (TPSA) is 0 Å². The lowest BCUT2D eigenvalue weighted by atomic mass is 9.79. The highest BCUT2D eigenvalue weighted by atomic mass is 79.9. The predicted octanol–water partition coefficient (Wildman–Crippen LogP) is 3.97. The van der Waals surface area contributed by atoms with Crippen LogP contribution in [-0.2, 0) is 0 Å². The first-order valence-corrected chi connectivity index (χ1v) is 5.47. The first kappa shape index (κ1) is 11.0. The Morgan fingerprint density at radius 3 is 1.60 bits per heavy atom. The van der Waals surface area contributed by atoms with Crippen molar-refractivity contribution in [3.8, 4) is 0 Å². The summed E-state index contributed by atoms with van der Waals surface area (Å²) in [6.07, 6.45) is 1.20. The van der Waals surface area contributed by atoms with Crippen LogP contribution in [0.5, 0.6) is 0 Å². The molecule has 0 fully saturated rings. The van der Waals surface area contributed by atoms with Crippen LogP contribution in [0.15, 0.2) is 0 Å². The Balaban J connectivity index is 4.10. The zero-order valence-corrected chi connectivity index (χ0v) is 10.3. The van der Waals surface area contributed by atoms with Gasteiger partial charge in [-0.1, -0.05) is 45.7 Å². The van der Waals surface area contributed by atoms with E-state index in [2.05, 4.69) is 59.6 Å². The molecule has 10 heavy (non-hydrogen) atoms. The van der Waals surface area contributed by atoms with Crippen LogP contribution in [0, 0.1) is 5.41 Å². The van der Waals surface area contributed by atoms with Crippen LogP contribution in [0.25, 0.3) is 0 Å². The van der Waals surface area contributed by atoms with Crippen molar-refractivity contribution >= 4 is 31.9 Å². The number of rotatable bonds is 3. The van der Waals surface area contributed by atoms with Crippen LogP contribution < -0.4 is 0 Å². The molecule has 0 amide bonds. The van der Waals surface area contributed by atoms with E-state index in [0.29, 0.717) is 5.41 Å². The number of hydrogen-bond acceptors (Lipinski definition) is 0. The lowest BCUT2D eigenvalue weighted by Crippen LogP contribution is -2.33. The highest BCUT2D eigenvalue weighted by Gasteiger charge is 2.33. The van der Waals surface area contributed by atoms with E-state index in [1.165, 1.54) is 6.42 Å². The van der Waals surface area contributed by atoms with Crippen molar-refractivity contribution in [2.24, 2.45) is 5.41 Å². The number of halogens is 2. The summed E-state index contributed by atoms with van der Waals surface area (Å²) in [5, 5.41) is 1.08. The fourth-order valence-corrected chi connectivity index (χ4v) is 1.72. The molecule has 0 saturated carbocycles. The minimum Gasteiger partial charge on any atom is -0.0928 e. The third-order valence-corrected chi connectivity index (χ3v) is 3.80. The third-order valence-electron chi connectivity index (χ3n) is 2.33. The molecule has 0 aromatic rings. The molecule has 0 radical (unpaired) electrons. The van der Waals surface area contributed by atoms with Gasteiger partial charge >= 0.3 is 0 Å². The normalized spacial score (nSPS) is 13.8. The van der Waals surface area contributed by atoms with Crippen molar-refractivity contribution in [3.63, 3.8) is 0 Å². The number of hydrogen-bond donors (Lipinski definition) is 0. The lowest BCUT2D eigenvalue weighted by molar-refractivity contribution is 0.282. The molecule has 0 saturated heterocycles. The zero-order chi connectivity index (χ0) is 8.41. The van der Waals surface area contributed by atoms with E-state index in [1.54, 1.807) is 0 Å². The van der Waals surface area contributed by atoms with E-state index < -0.39 is 0 Å². The van der Waals surface area contributed by atoms with E-state index in [-0.39, 0.29) is 4.32 Å². The maximum Gasteiger partial charge on any atom is 0.0252 e. The first-order valence-electron chi connectivity index (χ1n) is 3.56. The minimum absolute atomic E-state index is 0.230. The fraction of sp³-hybridized carbons (Fsp3) is 1.00. The quantitative estimate of drug-likeness (QED) is 0.682. The van der Waals surface area contributed by atoms with Gasteiger partial charge in [-0.25, -0.2) is 0 Å². The van der Waals surface area contributed by atoms with E-state index >= 15 is 0 Å². The fourth-order valence-electron chi connectivity index (χ4n) is 0.533. The second-order valence-corrected chi connectivity index (χ2v) is 6.57. The lowest BCUT2D eigenvalue weighted by Gasteiger charge is -2.36. The van der Waals surface area contributed by atoms with Crippen LogP contribution in [0.2, 0.25) is 0 Å². The van der Waals surface area contributed by atoms with Crippen LogP contribution in [0.4, 0.5) is 0 Å². The van der Waals surface area contributed by atoms with Gasteiger partial charge in [0.25, 0.3) is 0 Å². The Morgan fingerprint density at radius 1 is 1.10 bits per heavy atom. The van der Waals surface area contributed by atoms with Crippen LogP contribution in [-0.4, -0.2) is 9.65 Å². The van der Waals surface area contributed by atoms with Crippen LogP contribution >= 0.6 is 31.9 Å². The molecule has 0 spiro atoms. The molecule has 62 valence electrons. The molecular formula is C8H16Br2. The molecule has 2 heteroatoms. The molecule has 0 bridgehead atoms. The summed E-state index contributed by atoms with van der Waals surface area (Å²) in [7, 11) is 0. The molecule has 0 atom stereocenters. The van der Waals surface area contributed by atoms with Gasteiger partial charge in [-0.15, -0.1) is 0 Å². The maximum atomic E-state index is 3.68. The molecule has 0 aromatic heterocycles. The van der Waals surface area contributed by atoms with Gasteiger partial charge in [-0.3, -0.25) is 0 Å². The Kier molecular flexibility index (Phi) is 3.92. The summed E-state index contributed by atoms with van der Waals surface area (Å²) in [4.78, 5) is 0. The van der Waals surface area contributed by atoms with E-state index in [1.807, 2.05) is 0 Å². The van der Waals surface area contributed by atoms with Crippen LogP contribution in [0.3, 0.4) is 0 Å². The SMILES string of the molecule is CC(C)(Br)C(C)(C)CCBr. The van der Waals surface area contributed by atoms with Crippen molar-refractivity contribution in [3.05, 3.63) is 0 Å². The van der Waals surface area contributed by atoms with Gasteiger partial charge in [0, 0.05) is 9.65 Å². The molecule has 0 aliphatic carbocycles. The van der Waals surface area contributed by atoms with Crippen molar-refractivity contribution < 1.29 is 0 Å². The summed E-state index contributed by atoms with van der Waals surface area (Å²) in [5.41, 5.74) is 0.358. The zero-order valence-electron chi connectivity index (χ0n) is 7.17. The molecular weight excluding hydrogens is 256 g/mol. The Bertz CT molecular complexity index is 100. The molecule has 0 aliphatic rings. The summed E-state index contributed by atoms with van der Waals surface area (Å²) in [5.74, 6) is 0. The van der Waals surface area contributed by atoms with Crippen LogP contribution in [0.1, 0.15) is 34.1 Å². The second kappa shape index (κ2) is 3.57. The standard InChI is InChI=1S/C8H16Br2/c1-7(2,5-6-9)8(3,4)10/h5-6H2,1-4H3. The van der Waals surface area contributed by atoms with E-state index in [9.17, 15) is 0 Å². The predicted molar refractivity (Wildman–Crippen MR) is 55.2 cm³/mol. The van der Waals surface area contributed by atoms with Gasteiger partial charge in [0.1, 0.15) is 0 Å². The Labute approximate surface area is 81.0 Å². The van der Waals surface area contributed by atoms with Crippen molar-refractivity contribution in [1.29, 1.82) is 0 Å². The summed E-state index contributed by atoms with van der Waals surface area (Å²) in [6.45, 7) is 9.00. The van der Waals surface area contributed by atoms with Gasteiger partial charge in [-0.05, 0) is 25.7 Å². The summed E-state index contributed by atoms with van der Waals surface area (Å²) >= 11 is 7.14. The Hall–Kier alpha value is 0.960. The average molecular weight is 272 g/mol. The molecule has 0 aromatic carbocycles. The van der Waals surface area contributed by atoms with Crippen molar-refractivity contribution in [2.45, 2.75) is 38.4 Å². The minimum atomic E-state index is 0.230. The van der Waals surface area contributed by atoms with Gasteiger partial charge < -0.3 is 0 Å². The second-order valence-electron chi connectivity index (χ2n) is 3.80. The highest BCUT2D eigenvalue weighted by Crippen LogP contribution is 2.40. The van der Waals surface area contributed by atoms with Gasteiger partial charge in [-0.2, -0.15) is 0 Å². The van der Waals surface area contributed by atoms with Gasteiger partial charge in [0.2, 0.25) is 0 Å². The molecule has 0 N–H and O–H groups in total. The smallest absolute Gasteiger partial charge is 0.0252 e. The molecule has 0 rings (SSSR count). The van der Waals surface area contributed by atoms with E-state index in [4.69, 9.17) is 0 Å². The molecule has 0 nitrogen and oxygen atoms in total. The van der Waals surface area contributed by atoms with E-state index in [0.717, 1.165) is 5.33 Å². The molecule has 0 aliphatic heterocycles. The number of alkyl halides is 2. The average Bonchev–Trinajstić information content (AvgIpc) is 1.61. The maximum absolute atomic E-state index is 3.68. The molecule has 0 heterocycles. The Morgan fingerprint density at radius 2 is 1.50 bits per heavy atom. The summed E-state index contributed by atoms with van der Waals surface area (Å²) < 4.78 is 0.230. The van der Waals surface area contributed by atoms with Crippen molar-refractivity contribution in [1.82, 2.24) is 0 Å². The monoisotopic (exact) mass is 270 g/mol. The third kappa shape index (κ3) is 2.91. The van der Waals surface area contributed by atoms with Crippen molar-refractivity contribution in [2.75, 3.05) is 5.33 Å². The van der Waals surface area contributed by atoms with Gasteiger partial charge in [0.05, 0.1) is 0 Å². The first-order chi connectivity index (χ1) is 4.31. The van der Waals surface area contributed by atoms with Gasteiger partial charge in [0.15, 0.2) is 0 Å². The highest BCUT2D eigenvalue weighted by molar-refractivity contribution is 9.10. The largest absolute Gasteiger partial charge is 0.0928 e. The molecule has 0 unspecified atom stereocenters. The summed E-state index contributed by atoms with van der Waals surface area (Å²) in [6, 6.07) is 0.